The van der Waals surface area contributed by atoms with Crippen molar-refractivity contribution in [2.24, 2.45) is 5.92 Å². The van der Waals surface area contributed by atoms with Crippen LogP contribution in [-0.4, -0.2) is 10.9 Å². The molecule has 3 rings (SSSR count). The van der Waals surface area contributed by atoms with Gasteiger partial charge >= 0.3 is 0 Å². The Morgan fingerprint density at radius 1 is 1.30 bits per heavy atom. The van der Waals surface area contributed by atoms with Crippen molar-refractivity contribution in [3.05, 3.63) is 60.2 Å². The van der Waals surface area contributed by atoms with Crippen LogP contribution in [0.5, 0.6) is 0 Å². The summed E-state index contributed by atoms with van der Waals surface area (Å²) in [7, 11) is 0. The summed E-state index contributed by atoms with van der Waals surface area (Å²) < 4.78 is 13.4. The average Bonchev–Trinajstić information content (AvgIpc) is 3.30. The Labute approximate surface area is 117 Å². The van der Waals surface area contributed by atoms with Gasteiger partial charge < -0.3 is 4.90 Å². The standard InChI is InChI=1S/C16H15FN2O/c17-14-4-1-5-15(9-14)19(16(20)13-6-7-13)11-12-3-2-8-18-10-12/h1-5,8-10,13H,6-7,11H2. The van der Waals surface area contributed by atoms with E-state index in [0.29, 0.717) is 12.2 Å². The molecule has 1 heterocycles. The highest BCUT2D eigenvalue weighted by Crippen LogP contribution is 2.33. The number of hydrogen-bond acceptors (Lipinski definition) is 2. The second-order valence-corrected chi connectivity index (χ2v) is 5.04. The Morgan fingerprint density at radius 3 is 2.80 bits per heavy atom. The smallest absolute Gasteiger partial charge is 0.230 e. The van der Waals surface area contributed by atoms with Crippen molar-refractivity contribution in [1.29, 1.82) is 0 Å². The molecule has 20 heavy (non-hydrogen) atoms. The predicted molar refractivity (Wildman–Crippen MR) is 74.6 cm³/mol. The molecule has 0 saturated heterocycles. The van der Waals surface area contributed by atoms with Crippen LogP contribution in [0.25, 0.3) is 0 Å². The summed E-state index contributed by atoms with van der Waals surface area (Å²) in [6, 6.07) is 9.92. The summed E-state index contributed by atoms with van der Waals surface area (Å²) in [5, 5.41) is 0. The third-order valence-corrected chi connectivity index (χ3v) is 3.38. The Bertz CT molecular complexity index is 611. The van der Waals surface area contributed by atoms with Crippen molar-refractivity contribution in [2.45, 2.75) is 19.4 Å². The van der Waals surface area contributed by atoms with E-state index in [1.807, 2.05) is 12.1 Å². The number of amides is 1. The lowest BCUT2D eigenvalue weighted by Gasteiger charge is -2.23. The van der Waals surface area contributed by atoms with Gasteiger partial charge in [0.15, 0.2) is 0 Å². The molecular weight excluding hydrogens is 255 g/mol. The Kier molecular flexibility index (Phi) is 3.46. The third kappa shape index (κ3) is 2.85. The maximum Gasteiger partial charge on any atom is 0.230 e. The second kappa shape index (κ2) is 5.41. The Balaban J connectivity index is 1.89. The highest BCUT2D eigenvalue weighted by molar-refractivity contribution is 5.96. The van der Waals surface area contributed by atoms with Crippen molar-refractivity contribution in [3.63, 3.8) is 0 Å². The van der Waals surface area contributed by atoms with Crippen LogP contribution >= 0.6 is 0 Å². The van der Waals surface area contributed by atoms with E-state index >= 15 is 0 Å². The number of rotatable bonds is 4. The van der Waals surface area contributed by atoms with Gasteiger partial charge in [-0.05, 0) is 42.7 Å². The fourth-order valence-electron chi connectivity index (χ4n) is 2.17. The molecule has 4 heteroatoms. The zero-order valence-corrected chi connectivity index (χ0v) is 11.0. The molecule has 1 amide bonds. The fraction of sp³-hybridized carbons (Fsp3) is 0.250. The largest absolute Gasteiger partial charge is 0.308 e. The molecule has 0 bridgehead atoms. The summed E-state index contributed by atoms with van der Waals surface area (Å²) >= 11 is 0. The minimum atomic E-state index is -0.331. The lowest BCUT2D eigenvalue weighted by molar-refractivity contribution is -0.119. The van der Waals surface area contributed by atoms with Gasteiger partial charge in [0.25, 0.3) is 0 Å². The zero-order chi connectivity index (χ0) is 13.9. The molecule has 1 saturated carbocycles. The second-order valence-electron chi connectivity index (χ2n) is 5.04. The number of halogens is 1. The Morgan fingerprint density at radius 2 is 2.15 bits per heavy atom. The van der Waals surface area contributed by atoms with E-state index in [4.69, 9.17) is 0 Å². The molecule has 1 aliphatic rings. The number of carbonyl (C=O) groups excluding carboxylic acids is 1. The molecule has 0 spiro atoms. The minimum absolute atomic E-state index is 0.0689. The van der Waals surface area contributed by atoms with Gasteiger partial charge in [-0.15, -0.1) is 0 Å². The normalized spacial score (nSPS) is 14.1. The van der Waals surface area contributed by atoms with Crippen LogP contribution in [0.15, 0.2) is 48.8 Å². The van der Waals surface area contributed by atoms with Gasteiger partial charge in [-0.2, -0.15) is 0 Å². The summed E-state index contributed by atoms with van der Waals surface area (Å²) in [5.74, 6) is -0.170. The molecule has 0 aliphatic heterocycles. The molecule has 102 valence electrons. The quantitative estimate of drug-likeness (QED) is 0.855. The van der Waals surface area contributed by atoms with Crippen LogP contribution in [0.3, 0.4) is 0 Å². The minimum Gasteiger partial charge on any atom is -0.308 e. The van der Waals surface area contributed by atoms with Crippen LogP contribution in [-0.2, 0) is 11.3 Å². The summed E-state index contributed by atoms with van der Waals surface area (Å²) in [5.41, 5.74) is 1.54. The van der Waals surface area contributed by atoms with E-state index in [2.05, 4.69) is 4.98 Å². The summed E-state index contributed by atoms with van der Waals surface area (Å²) in [4.78, 5) is 18.1. The molecule has 0 N–H and O–H groups in total. The maximum absolute atomic E-state index is 13.4. The van der Waals surface area contributed by atoms with Gasteiger partial charge in [0.1, 0.15) is 5.82 Å². The van der Waals surface area contributed by atoms with Crippen molar-refractivity contribution >= 4 is 11.6 Å². The average molecular weight is 270 g/mol. The molecule has 2 aromatic rings. The van der Waals surface area contributed by atoms with Gasteiger partial charge in [-0.1, -0.05) is 12.1 Å². The first-order valence-corrected chi connectivity index (χ1v) is 6.70. The number of pyridine rings is 1. The number of anilines is 1. The summed E-state index contributed by atoms with van der Waals surface area (Å²) in [6.45, 7) is 0.423. The maximum atomic E-state index is 13.4. The SMILES string of the molecule is O=C(C1CC1)N(Cc1cccnc1)c1cccc(F)c1. The van der Waals surface area contributed by atoms with Gasteiger partial charge in [0, 0.05) is 24.0 Å². The molecule has 3 nitrogen and oxygen atoms in total. The van der Waals surface area contributed by atoms with Crippen LogP contribution < -0.4 is 4.90 Å². The number of hydrogen-bond donors (Lipinski definition) is 0. The first-order valence-electron chi connectivity index (χ1n) is 6.70. The Hall–Kier alpha value is -2.23. The van der Waals surface area contributed by atoms with Gasteiger partial charge in [0.2, 0.25) is 5.91 Å². The topological polar surface area (TPSA) is 33.2 Å². The molecular formula is C16H15FN2O. The molecule has 1 aromatic heterocycles. The van der Waals surface area contributed by atoms with Crippen LogP contribution in [0.2, 0.25) is 0 Å². The van der Waals surface area contributed by atoms with Gasteiger partial charge in [-0.25, -0.2) is 4.39 Å². The van der Waals surface area contributed by atoms with Crippen molar-refractivity contribution in [2.75, 3.05) is 4.90 Å². The molecule has 0 radical (unpaired) electrons. The van der Waals surface area contributed by atoms with Gasteiger partial charge in [-0.3, -0.25) is 9.78 Å². The lowest BCUT2D eigenvalue weighted by Crippen LogP contribution is -2.31. The first kappa shape index (κ1) is 12.8. The highest BCUT2D eigenvalue weighted by Gasteiger charge is 2.34. The molecule has 0 atom stereocenters. The predicted octanol–water partition coefficient (Wildman–Crippen LogP) is 3.16. The van der Waals surface area contributed by atoms with E-state index in [-0.39, 0.29) is 17.6 Å². The fourth-order valence-corrected chi connectivity index (χ4v) is 2.17. The van der Waals surface area contributed by atoms with Crippen LogP contribution in [0.4, 0.5) is 10.1 Å². The van der Waals surface area contributed by atoms with E-state index in [0.717, 1.165) is 18.4 Å². The molecule has 0 unspecified atom stereocenters. The number of aromatic nitrogens is 1. The lowest BCUT2D eigenvalue weighted by atomic mass is 10.2. The number of benzene rings is 1. The third-order valence-electron chi connectivity index (χ3n) is 3.38. The van der Waals surface area contributed by atoms with Gasteiger partial charge in [0.05, 0.1) is 6.54 Å². The number of carbonyl (C=O) groups is 1. The number of nitrogens with zero attached hydrogens (tertiary/aromatic N) is 2. The first-order chi connectivity index (χ1) is 9.74. The van der Waals surface area contributed by atoms with Crippen molar-refractivity contribution in [1.82, 2.24) is 4.98 Å². The van der Waals surface area contributed by atoms with Crippen molar-refractivity contribution < 1.29 is 9.18 Å². The zero-order valence-electron chi connectivity index (χ0n) is 11.0. The van der Waals surface area contributed by atoms with E-state index in [9.17, 15) is 9.18 Å². The molecule has 1 aromatic carbocycles. The highest BCUT2D eigenvalue weighted by atomic mass is 19.1. The molecule has 1 fully saturated rings. The van der Waals surface area contributed by atoms with Crippen LogP contribution in [0, 0.1) is 11.7 Å². The van der Waals surface area contributed by atoms with E-state index in [1.54, 1.807) is 29.4 Å². The van der Waals surface area contributed by atoms with E-state index in [1.165, 1.54) is 12.1 Å². The van der Waals surface area contributed by atoms with Crippen LogP contribution in [0.1, 0.15) is 18.4 Å². The summed E-state index contributed by atoms with van der Waals surface area (Å²) in [6.07, 6.45) is 5.28. The van der Waals surface area contributed by atoms with E-state index < -0.39 is 0 Å². The monoisotopic (exact) mass is 270 g/mol. The molecule has 1 aliphatic carbocycles. The van der Waals surface area contributed by atoms with Crippen molar-refractivity contribution in [3.8, 4) is 0 Å².